The van der Waals surface area contributed by atoms with E-state index in [1.54, 1.807) is 0 Å². The molecule has 17 heavy (non-hydrogen) atoms. The van der Waals surface area contributed by atoms with E-state index in [-0.39, 0.29) is 12.4 Å². The normalized spacial score (nSPS) is 21.5. The second-order valence-corrected chi connectivity index (χ2v) is 5.01. The summed E-state index contributed by atoms with van der Waals surface area (Å²) in [6, 6.07) is 0.427. The van der Waals surface area contributed by atoms with Crippen LogP contribution in [-0.2, 0) is 7.05 Å². The van der Waals surface area contributed by atoms with Crippen molar-refractivity contribution in [3.8, 4) is 0 Å². The third-order valence-electron chi connectivity index (χ3n) is 3.11. The number of halogens is 1. The van der Waals surface area contributed by atoms with Crippen LogP contribution in [-0.4, -0.2) is 40.6 Å². The van der Waals surface area contributed by atoms with Crippen molar-refractivity contribution in [2.75, 3.05) is 26.2 Å². The van der Waals surface area contributed by atoms with Crippen molar-refractivity contribution < 1.29 is 0 Å². The minimum atomic E-state index is 0. The quantitative estimate of drug-likeness (QED) is 0.891. The number of piperazine rings is 1. The van der Waals surface area contributed by atoms with Gasteiger partial charge in [-0.2, -0.15) is 0 Å². The SMILES string of the molecule is CC(C)CN1CCNCC1c1nccn1C.Cl. The van der Waals surface area contributed by atoms with Crippen molar-refractivity contribution in [3.63, 3.8) is 0 Å². The molecule has 1 unspecified atom stereocenters. The highest BCUT2D eigenvalue weighted by Gasteiger charge is 2.26. The van der Waals surface area contributed by atoms with Crippen molar-refractivity contribution in [2.24, 2.45) is 13.0 Å². The van der Waals surface area contributed by atoms with E-state index >= 15 is 0 Å². The molecule has 0 amide bonds. The van der Waals surface area contributed by atoms with Crippen LogP contribution >= 0.6 is 12.4 Å². The third kappa shape index (κ3) is 3.44. The predicted molar refractivity (Wildman–Crippen MR) is 72.5 cm³/mol. The Bertz CT molecular complexity index is 337. The summed E-state index contributed by atoms with van der Waals surface area (Å²) < 4.78 is 2.13. The lowest BCUT2D eigenvalue weighted by atomic mass is 10.1. The van der Waals surface area contributed by atoms with Crippen LogP contribution in [0.25, 0.3) is 0 Å². The van der Waals surface area contributed by atoms with E-state index in [1.165, 1.54) is 5.82 Å². The highest BCUT2D eigenvalue weighted by atomic mass is 35.5. The van der Waals surface area contributed by atoms with E-state index in [1.807, 2.05) is 12.4 Å². The van der Waals surface area contributed by atoms with Crippen LogP contribution in [0.5, 0.6) is 0 Å². The summed E-state index contributed by atoms with van der Waals surface area (Å²) >= 11 is 0. The largest absolute Gasteiger partial charge is 0.337 e. The summed E-state index contributed by atoms with van der Waals surface area (Å²) in [6.45, 7) is 8.93. The Labute approximate surface area is 110 Å². The lowest BCUT2D eigenvalue weighted by Gasteiger charge is -2.36. The number of aryl methyl sites for hydroxylation is 1. The molecule has 1 N–H and O–H groups in total. The van der Waals surface area contributed by atoms with Gasteiger partial charge in [0.25, 0.3) is 0 Å². The molecule has 1 saturated heterocycles. The highest BCUT2D eigenvalue weighted by molar-refractivity contribution is 5.85. The Kier molecular flexibility index (Phi) is 5.43. The van der Waals surface area contributed by atoms with Crippen molar-refractivity contribution >= 4 is 12.4 Å². The summed E-state index contributed by atoms with van der Waals surface area (Å²) in [5.74, 6) is 1.88. The van der Waals surface area contributed by atoms with Crippen LogP contribution in [0.1, 0.15) is 25.7 Å². The first-order chi connectivity index (χ1) is 7.68. The first-order valence-corrected chi connectivity index (χ1v) is 6.10. The third-order valence-corrected chi connectivity index (χ3v) is 3.11. The van der Waals surface area contributed by atoms with Gasteiger partial charge in [-0.1, -0.05) is 13.8 Å². The molecule has 0 saturated carbocycles. The number of aromatic nitrogens is 2. The van der Waals surface area contributed by atoms with Gasteiger partial charge < -0.3 is 9.88 Å². The van der Waals surface area contributed by atoms with E-state index in [2.05, 4.69) is 40.7 Å². The number of hydrogen-bond donors (Lipinski definition) is 1. The Morgan fingerprint density at radius 2 is 2.29 bits per heavy atom. The van der Waals surface area contributed by atoms with Gasteiger partial charge >= 0.3 is 0 Å². The van der Waals surface area contributed by atoms with Gasteiger partial charge in [0, 0.05) is 45.6 Å². The number of hydrogen-bond acceptors (Lipinski definition) is 3. The zero-order valence-electron chi connectivity index (χ0n) is 10.9. The monoisotopic (exact) mass is 258 g/mol. The fraction of sp³-hybridized carbons (Fsp3) is 0.750. The summed E-state index contributed by atoms with van der Waals surface area (Å²) in [6.07, 6.45) is 3.91. The molecule has 0 radical (unpaired) electrons. The summed E-state index contributed by atoms with van der Waals surface area (Å²) in [7, 11) is 2.07. The van der Waals surface area contributed by atoms with Gasteiger partial charge in [0.1, 0.15) is 5.82 Å². The molecule has 2 heterocycles. The van der Waals surface area contributed by atoms with Crippen LogP contribution < -0.4 is 5.32 Å². The van der Waals surface area contributed by atoms with Gasteiger partial charge in [-0.25, -0.2) is 4.98 Å². The first kappa shape index (κ1) is 14.5. The van der Waals surface area contributed by atoms with Crippen molar-refractivity contribution in [1.82, 2.24) is 19.8 Å². The number of imidazole rings is 1. The molecule has 0 bridgehead atoms. The molecule has 4 nitrogen and oxygen atoms in total. The van der Waals surface area contributed by atoms with E-state index in [0.717, 1.165) is 26.2 Å². The van der Waals surface area contributed by atoms with Gasteiger partial charge in [0.15, 0.2) is 0 Å². The second-order valence-electron chi connectivity index (χ2n) is 5.01. The molecule has 1 aliphatic heterocycles. The molecular formula is C12H23ClN4. The molecule has 0 aromatic carbocycles. The van der Waals surface area contributed by atoms with Crippen LogP contribution in [0.3, 0.4) is 0 Å². The summed E-state index contributed by atoms with van der Waals surface area (Å²) in [5.41, 5.74) is 0. The van der Waals surface area contributed by atoms with Gasteiger partial charge in [0.2, 0.25) is 0 Å². The standard InChI is InChI=1S/C12H22N4.ClH/c1-10(2)9-16-7-4-13-8-11(16)12-14-5-6-15(12)3;/h5-6,10-11,13H,4,7-9H2,1-3H3;1H. The average Bonchev–Trinajstić information content (AvgIpc) is 2.64. The highest BCUT2D eigenvalue weighted by Crippen LogP contribution is 2.21. The predicted octanol–water partition coefficient (Wildman–Crippen LogP) is 1.44. The van der Waals surface area contributed by atoms with Crippen molar-refractivity contribution in [2.45, 2.75) is 19.9 Å². The van der Waals surface area contributed by atoms with Crippen LogP contribution in [0.15, 0.2) is 12.4 Å². The topological polar surface area (TPSA) is 33.1 Å². The molecule has 0 spiro atoms. The summed E-state index contributed by atoms with van der Waals surface area (Å²) in [5, 5.41) is 3.46. The van der Waals surface area contributed by atoms with E-state index in [4.69, 9.17) is 0 Å². The van der Waals surface area contributed by atoms with Crippen LogP contribution in [0.2, 0.25) is 0 Å². The lowest BCUT2D eigenvalue weighted by molar-refractivity contribution is 0.136. The fourth-order valence-electron chi connectivity index (χ4n) is 2.39. The van der Waals surface area contributed by atoms with Gasteiger partial charge in [-0.3, -0.25) is 4.90 Å². The molecule has 1 aromatic heterocycles. The maximum absolute atomic E-state index is 4.48. The molecule has 0 aliphatic carbocycles. The van der Waals surface area contributed by atoms with Crippen LogP contribution in [0, 0.1) is 5.92 Å². The Balaban J connectivity index is 0.00000144. The molecule has 1 fully saturated rings. The average molecular weight is 259 g/mol. The smallest absolute Gasteiger partial charge is 0.127 e. The number of nitrogens with zero attached hydrogens (tertiary/aromatic N) is 3. The van der Waals surface area contributed by atoms with Crippen molar-refractivity contribution in [1.29, 1.82) is 0 Å². The molecule has 1 aliphatic rings. The zero-order valence-corrected chi connectivity index (χ0v) is 11.7. The molecule has 98 valence electrons. The minimum absolute atomic E-state index is 0. The van der Waals surface area contributed by atoms with E-state index in [0.29, 0.717) is 12.0 Å². The lowest BCUT2D eigenvalue weighted by Crippen LogP contribution is -2.47. The second kappa shape index (κ2) is 6.38. The van der Waals surface area contributed by atoms with Gasteiger partial charge in [-0.15, -0.1) is 12.4 Å². The maximum Gasteiger partial charge on any atom is 0.127 e. The fourth-order valence-corrected chi connectivity index (χ4v) is 2.39. The molecule has 5 heteroatoms. The Morgan fingerprint density at radius 3 is 2.88 bits per heavy atom. The Morgan fingerprint density at radius 1 is 1.53 bits per heavy atom. The summed E-state index contributed by atoms with van der Waals surface area (Å²) in [4.78, 5) is 7.02. The first-order valence-electron chi connectivity index (χ1n) is 6.10. The molecule has 1 aromatic rings. The Hall–Kier alpha value is -0.580. The van der Waals surface area contributed by atoms with Gasteiger partial charge in [-0.05, 0) is 5.92 Å². The van der Waals surface area contributed by atoms with Gasteiger partial charge in [0.05, 0.1) is 6.04 Å². The molecular weight excluding hydrogens is 236 g/mol. The van der Waals surface area contributed by atoms with E-state index < -0.39 is 0 Å². The maximum atomic E-state index is 4.48. The van der Waals surface area contributed by atoms with E-state index in [9.17, 15) is 0 Å². The minimum Gasteiger partial charge on any atom is -0.337 e. The molecule has 2 rings (SSSR count). The number of nitrogens with one attached hydrogen (secondary N) is 1. The van der Waals surface area contributed by atoms with Crippen LogP contribution in [0.4, 0.5) is 0 Å². The number of rotatable bonds is 3. The van der Waals surface area contributed by atoms with Crippen molar-refractivity contribution in [3.05, 3.63) is 18.2 Å². The molecule has 1 atom stereocenters. The zero-order chi connectivity index (χ0) is 11.5.